The van der Waals surface area contributed by atoms with Crippen molar-refractivity contribution >= 4 is 0 Å². The summed E-state index contributed by atoms with van der Waals surface area (Å²) in [7, 11) is 1.67. The highest BCUT2D eigenvalue weighted by Crippen LogP contribution is 2.43. The minimum Gasteiger partial charge on any atom is -0.497 e. The van der Waals surface area contributed by atoms with Crippen LogP contribution < -0.4 is 4.74 Å². The lowest BCUT2D eigenvalue weighted by Gasteiger charge is -2.38. The third-order valence-corrected chi connectivity index (χ3v) is 4.88. The van der Waals surface area contributed by atoms with Crippen LogP contribution >= 0.6 is 0 Å². The van der Waals surface area contributed by atoms with Crippen molar-refractivity contribution < 1.29 is 9.84 Å². The summed E-state index contributed by atoms with van der Waals surface area (Å²) in [4.78, 5) is 0. The molecule has 112 valence electrons. The molecule has 0 spiro atoms. The summed E-state index contributed by atoms with van der Waals surface area (Å²) in [6, 6.07) is 7.84. The van der Waals surface area contributed by atoms with Crippen LogP contribution in [0.5, 0.6) is 5.75 Å². The molecule has 1 aromatic rings. The monoisotopic (exact) mass is 276 g/mol. The Labute approximate surface area is 123 Å². The molecule has 2 nitrogen and oxygen atoms in total. The Bertz CT molecular complexity index is 425. The minimum absolute atomic E-state index is 0.356. The van der Waals surface area contributed by atoms with Gasteiger partial charge in [-0.3, -0.25) is 0 Å². The third kappa shape index (κ3) is 3.54. The fourth-order valence-corrected chi connectivity index (χ4v) is 3.40. The first-order valence-corrected chi connectivity index (χ1v) is 7.74. The standard InChI is InChI=1S/C18H28O2/c1-18(2,3)15-10-8-13(9-11-15)17(19)14-6-5-7-16(12-14)20-4/h5-7,12-13,15,17,19H,8-11H2,1-4H3. The van der Waals surface area contributed by atoms with E-state index in [0.717, 1.165) is 30.1 Å². The van der Waals surface area contributed by atoms with Gasteiger partial charge in [-0.1, -0.05) is 32.9 Å². The van der Waals surface area contributed by atoms with Crippen molar-refractivity contribution in [1.82, 2.24) is 0 Å². The lowest BCUT2D eigenvalue weighted by atomic mass is 9.68. The summed E-state index contributed by atoms with van der Waals surface area (Å²) in [5.41, 5.74) is 1.38. The molecule has 2 heteroatoms. The van der Waals surface area contributed by atoms with E-state index in [1.807, 2.05) is 24.3 Å². The Morgan fingerprint density at radius 1 is 1.15 bits per heavy atom. The van der Waals surface area contributed by atoms with Gasteiger partial charge in [0, 0.05) is 0 Å². The predicted octanol–water partition coefficient (Wildman–Crippen LogP) is 4.58. The zero-order valence-electron chi connectivity index (χ0n) is 13.2. The molecular formula is C18H28O2. The highest BCUT2D eigenvalue weighted by Gasteiger charge is 2.32. The number of methoxy groups -OCH3 is 1. The fraction of sp³-hybridized carbons (Fsp3) is 0.667. The van der Waals surface area contributed by atoms with E-state index in [2.05, 4.69) is 20.8 Å². The molecule has 0 aliphatic heterocycles. The second-order valence-corrected chi connectivity index (χ2v) is 7.20. The van der Waals surface area contributed by atoms with Crippen molar-refractivity contribution in [1.29, 1.82) is 0 Å². The number of aliphatic hydroxyl groups is 1. The van der Waals surface area contributed by atoms with Gasteiger partial charge in [-0.25, -0.2) is 0 Å². The molecule has 1 aliphatic rings. The maximum atomic E-state index is 10.6. The van der Waals surface area contributed by atoms with E-state index < -0.39 is 0 Å². The molecule has 1 N–H and O–H groups in total. The van der Waals surface area contributed by atoms with Crippen LogP contribution in [0.15, 0.2) is 24.3 Å². The Balaban J connectivity index is 1.99. The van der Waals surface area contributed by atoms with Gasteiger partial charge in [-0.05, 0) is 60.6 Å². The maximum Gasteiger partial charge on any atom is 0.119 e. The Kier molecular flexibility index (Phi) is 4.74. The molecule has 0 aromatic heterocycles. The summed E-state index contributed by atoms with van der Waals surface area (Å²) >= 11 is 0. The summed E-state index contributed by atoms with van der Waals surface area (Å²) in [6.45, 7) is 6.99. The predicted molar refractivity (Wildman–Crippen MR) is 82.9 cm³/mol. The molecule has 0 heterocycles. The minimum atomic E-state index is -0.356. The normalized spacial score (nSPS) is 25.2. The zero-order chi connectivity index (χ0) is 14.8. The van der Waals surface area contributed by atoms with Crippen LogP contribution in [0.1, 0.15) is 58.1 Å². The average molecular weight is 276 g/mol. The summed E-state index contributed by atoms with van der Waals surface area (Å²) in [6.07, 6.45) is 4.36. The van der Waals surface area contributed by atoms with E-state index in [1.54, 1.807) is 7.11 Å². The molecule has 1 aliphatic carbocycles. The molecular weight excluding hydrogens is 248 g/mol. The van der Waals surface area contributed by atoms with Gasteiger partial charge in [0.25, 0.3) is 0 Å². The van der Waals surface area contributed by atoms with Gasteiger partial charge in [0.05, 0.1) is 13.2 Å². The number of benzene rings is 1. The van der Waals surface area contributed by atoms with Crippen LogP contribution in [0.4, 0.5) is 0 Å². The van der Waals surface area contributed by atoms with Crippen molar-refractivity contribution in [3.05, 3.63) is 29.8 Å². The SMILES string of the molecule is COc1cccc(C(O)C2CCC(C(C)(C)C)CC2)c1. The first kappa shape index (κ1) is 15.4. The van der Waals surface area contributed by atoms with Gasteiger partial charge < -0.3 is 9.84 Å². The van der Waals surface area contributed by atoms with Crippen LogP contribution in [0, 0.1) is 17.3 Å². The average Bonchev–Trinajstić information content (AvgIpc) is 2.46. The van der Waals surface area contributed by atoms with Gasteiger partial charge in [0.2, 0.25) is 0 Å². The number of hydrogen-bond donors (Lipinski definition) is 1. The summed E-state index contributed by atoms with van der Waals surface area (Å²) in [5.74, 6) is 2.00. The first-order chi connectivity index (χ1) is 9.41. The Morgan fingerprint density at radius 2 is 1.80 bits per heavy atom. The highest BCUT2D eigenvalue weighted by molar-refractivity contribution is 5.30. The van der Waals surface area contributed by atoms with E-state index in [-0.39, 0.29) is 6.10 Å². The molecule has 0 bridgehead atoms. The van der Waals surface area contributed by atoms with E-state index in [4.69, 9.17) is 4.74 Å². The van der Waals surface area contributed by atoms with Crippen molar-refractivity contribution in [3.63, 3.8) is 0 Å². The van der Waals surface area contributed by atoms with Crippen LogP contribution in [-0.2, 0) is 0 Å². The van der Waals surface area contributed by atoms with E-state index in [9.17, 15) is 5.11 Å². The highest BCUT2D eigenvalue weighted by atomic mass is 16.5. The van der Waals surface area contributed by atoms with Gasteiger partial charge in [0.15, 0.2) is 0 Å². The van der Waals surface area contributed by atoms with E-state index in [1.165, 1.54) is 12.8 Å². The smallest absolute Gasteiger partial charge is 0.119 e. The van der Waals surface area contributed by atoms with Crippen molar-refractivity contribution in [2.24, 2.45) is 17.3 Å². The van der Waals surface area contributed by atoms with E-state index in [0.29, 0.717) is 11.3 Å². The molecule has 1 atom stereocenters. The van der Waals surface area contributed by atoms with Crippen LogP contribution in [0.3, 0.4) is 0 Å². The van der Waals surface area contributed by atoms with Crippen LogP contribution in [-0.4, -0.2) is 12.2 Å². The molecule has 2 rings (SSSR count). The zero-order valence-corrected chi connectivity index (χ0v) is 13.2. The largest absolute Gasteiger partial charge is 0.497 e. The Hall–Kier alpha value is -1.02. The van der Waals surface area contributed by atoms with Gasteiger partial charge in [-0.2, -0.15) is 0 Å². The quantitative estimate of drug-likeness (QED) is 0.875. The van der Waals surface area contributed by atoms with E-state index >= 15 is 0 Å². The van der Waals surface area contributed by atoms with Gasteiger partial charge in [0.1, 0.15) is 5.75 Å². The molecule has 0 saturated heterocycles. The maximum absolute atomic E-state index is 10.6. The van der Waals surface area contributed by atoms with Gasteiger partial charge >= 0.3 is 0 Å². The molecule has 0 radical (unpaired) electrons. The molecule has 20 heavy (non-hydrogen) atoms. The van der Waals surface area contributed by atoms with Crippen LogP contribution in [0.25, 0.3) is 0 Å². The summed E-state index contributed by atoms with van der Waals surface area (Å²) < 4.78 is 5.24. The van der Waals surface area contributed by atoms with Crippen LogP contribution in [0.2, 0.25) is 0 Å². The molecule has 1 saturated carbocycles. The van der Waals surface area contributed by atoms with Gasteiger partial charge in [-0.15, -0.1) is 0 Å². The number of hydrogen-bond acceptors (Lipinski definition) is 2. The third-order valence-electron chi connectivity index (χ3n) is 4.88. The topological polar surface area (TPSA) is 29.5 Å². The second-order valence-electron chi connectivity index (χ2n) is 7.20. The second kappa shape index (κ2) is 6.17. The molecule has 1 aromatic carbocycles. The lowest BCUT2D eigenvalue weighted by molar-refractivity contribution is 0.0527. The Morgan fingerprint density at radius 3 is 2.35 bits per heavy atom. The number of rotatable bonds is 3. The van der Waals surface area contributed by atoms with Crippen molar-refractivity contribution in [2.45, 2.75) is 52.6 Å². The van der Waals surface area contributed by atoms with Crippen molar-refractivity contribution in [3.8, 4) is 5.75 Å². The van der Waals surface area contributed by atoms with Crippen molar-refractivity contribution in [2.75, 3.05) is 7.11 Å². The molecule has 0 amide bonds. The molecule has 1 unspecified atom stereocenters. The lowest BCUT2D eigenvalue weighted by Crippen LogP contribution is -2.28. The summed E-state index contributed by atoms with van der Waals surface area (Å²) in [5, 5.41) is 10.6. The first-order valence-electron chi connectivity index (χ1n) is 7.74. The molecule has 1 fully saturated rings. The number of aliphatic hydroxyl groups excluding tert-OH is 1. The number of ether oxygens (including phenoxy) is 1. The fourth-order valence-electron chi connectivity index (χ4n) is 3.40.